The fraction of sp³-hybridized carbons (Fsp3) is 0.143. The lowest BCUT2D eigenvalue weighted by Crippen LogP contribution is -1.95. The Morgan fingerprint density at radius 2 is 1.48 bits per heavy atom. The Kier molecular flexibility index (Phi) is 5.40. The second kappa shape index (κ2) is 7.68. The van der Waals surface area contributed by atoms with Gasteiger partial charge in [0.1, 0.15) is 11.4 Å². The largest absolute Gasteiger partial charge is 0.494 e. The van der Waals surface area contributed by atoms with Crippen molar-refractivity contribution in [2.75, 3.05) is 19.6 Å². The summed E-state index contributed by atoms with van der Waals surface area (Å²) in [6, 6.07) is 7.82. The Balaban J connectivity index is 2.21. The van der Waals surface area contributed by atoms with Crippen LogP contribution in [0.5, 0.6) is 11.5 Å². The van der Waals surface area contributed by atoms with E-state index in [2.05, 4.69) is 15.8 Å². The molecule has 0 aromatic heterocycles. The number of nitrogens with one attached hydrogen (secondary N) is 1. The van der Waals surface area contributed by atoms with Gasteiger partial charge in [-0.05, 0) is 12.1 Å². The summed E-state index contributed by atoms with van der Waals surface area (Å²) < 4.78 is 10.1. The van der Waals surface area contributed by atoms with Crippen LogP contribution in [-0.2, 0) is 0 Å². The molecule has 0 aliphatic rings. The van der Waals surface area contributed by atoms with E-state index in [-0.39, 0.29) is 28.6 Å². The Hall–Kier alpha value is -3.76. The molecule has 0 fully saturated rings. The highest BCUT2D eigenvalue weighted by Crippen LogP contribution is 2.32. The van der Waals surface area contributed by atoms with Gasteiger partial charge in [-0.3, -0.25) is 25.7 Å². The number of non-ortho nitro benzene ring substituents is 2. The second-order valence-corrected chi connectivity index (χ2v) is 4.57. The Bertz CT molecular complexity index is 838. The van der Waals surface area contributed by atoms with E-state index in [0.717, 1.165) is 0 Å². The van der Waals surface area contributed by atoms with Gasteiger partial charge in [-0.15, -0.1) is 5.11 Å². The number of nitro groups is 2. The number of benzene rings is 2. The van der Waals surface area contributed by atoms with Crippen molar-refractivity contribution < 1.29 is 19.3 Å². The lowest BCUT2D eigenvalue weighted by atomic mass is 10.2. The molecular formula is C14H13N5O6. The van der Waals surface area contributed by atoms with E-state index < -0.39 is 9.85 Å². The number of methoxy groups -OCH3 is 2. The van der Waals surface area contributed by atoms with Crippen LogP contribution in [0.15, 0.2) is 46.7 Å². The molecule has 0 aliphatic carbocycles. The number of nitrogens with zero attached hydrogens (tertiary/aromatic N) is 4. The SMILES string of the molecule is COc1cc([N+](=O)[O-])ccc1N=NNc1ccc([N+](=O)[O-])cc1OC. The van der Waals surface area contributed by atoms with Crippen LogP contribution in [0.4, 0.5) is 22.7 Å². The third-order valence-corrected chi connectivity index (χ3v) is 3.10. The molecule has 0 saturated heterocycles. The minimum atomic E-state index is -0.552. The van der Waals surface area contributed by atoms with Crippen molar-refractivity contribution in [1.82, 2.24) is 0 Å². The maximum Gasteiger partial charge on any atom is 0.273 e. The molecule has 0 radical (unpaired) electrons. The topological polar surface area (TPSA) is 141 Å². The van der Waals surface area contributed by atoms with Gasteiger partial charge in [-0.2, -0.15) is 0 Å². The van der Waals surface area contributed by atoms with Gasteiger partial charge >= 0.3 is 0 Å². The predicted molar refractivity (Wildman–Crippen MR) is 87.4 cm³/mol. The van der Waals surface area contributed by atoms with Gasteiger partial charge < -0.3 is 9.47 Å². The molecule has 2 aromatic rings. The normalized spacial score (nSPS) is 10.5. The Morgan fingerprint density at radius 1 is 0.920 bits per heavy atom. The molecule has 0 amide bonds. The van der Waals surface area contributed by atoms with Crippen LogP contribution in [0.2, 0.25) is 0 Å². The van der Waals surface area contributed by atoms with Crippen molar-refractivity contribution in [2.24, 2.45) is 10.3 Å². The van der Waals surface area contributed by atoms with Gasteiger partial charge in [0.2, 0.25) is 0 Å². The molecule has 0 unspecified atom stereocenters. The van der Waals surface area contributed by atoms with Crippen molar-refractivity contribution >= 4 is 22.7 Å². The first kappa shape index (κ1) is 17.6. The van der Waals surface area contributed by atoms with E-state index in [9.17, 15) is 20.2 Å². The molecule has 130 valence electrons. The van der Waals surface area contributed by atoms with Crippen LogP contribution in [0.25, 0.3) is 0 Å². The highest BCUT2D eigenvalue weighted by Gasteiger charge is 2.12. The van der Waals surface area contributed by atoms with E-state index in [1.165, 1.54) is 50.6 Å². The minimum absolute atomic E-state index is 0.128. The molecule has 0 atom stereocenters. The number of hydrogen-bond donors (Lipinski definition) is 1. The maximum absolute atomic E-state index is 10.8. The minimum Gasteiger partial charge on any atom is -0.494 e. The third-order valence-electron chi connectivity index (χ3n) is 3.10. The number of ether oxygens (including phenoxy) is 2. The van der Waals surface area contributed by atoms with Gasteiger partial charge in [0.15, 0.2) is 11.5 Å². The van der Waals surface area contributed by atoms with Crippen LogP contribution in [0.3, 0.4) is 0 Å². The highest BCUT2D eigenvalue weighted by atomic mass is 16.6. The zero-order chi connectivity index (χ0) is 18.4. The van der Waals surface area contributed by atoms with Gasteiger partial charge in [0.05, 0.1) is 36.2 Å². The summed E-state index contributed by atoms with van der Waals surface area (Å²) in [4.78, 5) is 20.4. The lowest BCUT2D eigenvalue weighted by Gasteiger charge is -2.07. The molecule has 0 bridgehead atoms. The average molecular weight is 347 g/mol. The van der Waals surface area contributed by atoms with Gasteiger partial charge in [-0.1, -0.05) is 5.22 Å². The van der Waals surface area contributed by atoms with E-state index in [4.69, 9.17) is 9.47 Å². The molecule has 0 saturated carbocycles. The molecule has 2 aromatic carbocycles. The zero-order valence-corrected chi connectivity index (χ0v) is 13.2. The molecular weight excluding hydrogens is 334 g/mol. The number of rotatable bonds is 7. The molecule has 0 heterocycles. The van der Waals surface area contributed by atoms with Crippen molar-refractivity contribution in [2.45, 2.75) is 0 Å². The van der Waals surface area contributed by atoms with E-state index in [1.54, 1.807) is 0 Å². The molecule has 11 heteroatoms. The second-order valence-electron chi connectivity index (χ2n) is 4.57. The first-order valence-corrected chi connectivity index (χ1v) is 6.78. The van der Waals surface area contributed by atoms with Crippen molar-refractivity contribution in [3.05, 3.63) is 56.6 Å². The van der Waals surface area contributed by atoms with Gasteiger partial charge in [0.25, 0.3) is 11.4 Å². The van der Waals surface area contributed by atoms with Crippen LogP contribution in [0, 0.1) is 20.2 Å². The quantitative estimate of drug-likeness (QED) is 0.458. The summed E-state index contributed by atoms with van der Waals surface area (Å²) in [6.45, 7) is 0. The molecule has 1 N–H and O–H groups in total. The van der Waals surface area contributed by atoms with E-state index in [1.807, 2.05) is 0 Å². The summed E-state index contributed by atoms with van der Waals surface area (Å²) in [6.07, 6.45) is 0. The monoisotopic (exact) mass is 347 g/mol. The molecule has 0 aliphatic heterocycles. The smallest absolute Gasteiger partial charge is 0.273 e. The summed E-state index contributed by atoms with van der Waals surface area (Å²) in [5.74, 6) is 0.388. The van der Waals surface area contributed by atoms with E-state index in [0.29, 0.717) is 5.69 Å². The summed E-state index contributed by atoms with van der Waals surface area (Å²) in [5, 5.41) is 29.1. The molecule has 25 heavy (non-hydrogen) atoms. The predicted octanol–water partition coefficient (Wildman–Crippen LogP) is 3.63. The summed E-state index contributed by atoms with van der Waals surface area (Å²) >= 11 is 0. The lowest BCUT2D eigenvalue weighted by molar-refractivity contribution is -0.385. The number of anilines is 1. The zero-order valence-electron chi connectivity index (χ0n) is 13.2. The van der Waals surface area contributed by atoms with Crippen LogP contribution >= 0.6 is 0 Å². The van der Waals surface area contributed by atoms with E-state index >= 15 is 0 Å². The van der Waals surface area contributed by atoms with Crippen LogP contribution < -0.4 is 14.9 Å². The average Bonchev–Trinajstić information content (AvgIpc) is 2.61. The molecule has 0 spiro atoms. The first-order valence-electron chi connectivity index (χ1n) is 6.78. The summed E-state index contributed by atoms with van der Waals surface area (Å²) in [5.41, 5.74) is 2.95. The fourth-order valence-electron chi connectivity index (χ4n) is 1.88. The van der Waals surface area contributed by atoms with Gasteiger partial charge in [0, 0.05) is 12.1 Å². The van der Waals surface area contributed by atoms with Gasteiger partial charge in [-0.25, -0.2) is 0 Å². The molecule has 2 rings (SSSR count). The van der Waals surface area contributed by atoms with Crippen molar-refractivity contribution in [1.29, 1.82) is 0 Å². The Morgan fingerprint density at radius 3 is 2.04 bits per heavy atom. The summed E-state index contributed by atoms with van der Waals surface area (Å²) in [7, 11) is 2.71. The number of hydrogen-bond acceptors (Lipinski definition) is 8. The number of nitro benzene ring substituents is 2. The van der Waals surface area contributed by atoms with Crippen LogP contribution in [0.1, 0.15) is 0 Å². The Labute approximate surface area is 141 Å². The third kappa shape index (κ3) is 4.16. The fourth-order valence-corrected chi connectivity index (χ4v) is 1.88. The van der Waals surface area contributed by atoms with Crippen LogP contribution in [-0.4, -0.2) is 24.1 Å². The standard InChI is InChI=1S/C14H13N5O6/c1-24-13-7-9(18(20)21)3-5-11(13)15-17-16-12-6-4-10(19(22)23)8-14(12)25-2/h3-8H,1-2H3,(H,15,16). The maximum atomic E-state index is 10.8. The van der Waals surface area contributed by atoms with Crippen molar-refractivity contribution in [3.8, 4) is 11.5 Å². The molecule has 11 nitrogen and oxygen atoms in total. The highest BCUT2D eigenvalue weighted by molar-refractivity contribution is 5.60. The first-order chi connectivity index (χ1) is 12.0. The van der Waals surface area contributed by atoms with Crippen molar-refractivity contribution in [3.63, 3.8) is 0 Å².